The number of fused-ring (bicyclic) bond motifs is 3. The summed E-state index contributed by atoms with van der Waals surface area (Å²) in [5.74, 6) is 0.116. The predicted molar refractivity (Wildman–Crippen MR) is 66.8 cm³/mol. The monoisotopic (exact) mass is 225 g/mol. The van der Waals surface area contributed by atoms with Crippen LogP contribution in [0.5, 0.6) is 0 Å². The van der Waals surface area contributed by atoms with Crippen LogP contribution in [0.2, 0.25) is 0 Å². The first kappa shape index (κ1) is 9.84. The maximum atomic E-state index is 9.30. The Bertz CT molecular complexity index is 715. The number of aromatic nitrogens is 3. The number of rotatable bonds is 2. The van der Waals surface area contributed by atoms with Gasteiger partial charge >= 0.3 is 0 Å². The van der Waals surface area contributed by atoms with Gasteiger partial charge < -0.3 is 9.67 Å². The lowest BCUT2D eigenvalue weighted by Gasteiger charge is -2.04. The molecule has 1 N–H and O–H groups in total. The molecule has 3 aromatic rings. The van der Waals surface area contributed by atoms with Gasteiger partial charge in [0.05, 0.1) is 30.1 Å². The number of imidazole rings is 1. The van der Waals surface area contributed by atoms with Crippen LogP contribution < -0.4 is 0 Å². The fourth-order valence-corrected chi connectivity index (χ4v) is 2.02. The first-order valence-corrected chi connectivity index (χ1v) is 5.31. The van der Waals surface area contributed by atoms with Crippen LogP contribution in [0.4, 0.5) is 0 Å². The molecule has 2 aromatic heterocycles. The Morgan fingerprint density at radius 2 is 2.06 bits per heavy atom. The molecule has 0 spiro atoms. The quantitative estimate of drug-likeness (QED) is 0.682. The number of allylic oxidation sites excluding steroid dienone is 1. The minimum absolute atomic E-state index is 0.116. The molecule has 0 unspecified atom stereocenters. The summed E-state index contributed by atoms with van der Waals surface area (Å²) in [7, 11) is 0. The SMILES string of the molecule is C=C(O)Cn1cnc2cnc3ccccc3c21. The highest BCUT2D eigenvalue weighted by Crippen LogP contribution is 2.22. The Morgan fingerprint density at radius 1 is 1.24 bits per heavy atom. The highest BCUT2D eigenvalue weighted by Gasteiger charge is 2.08. The third kappa shape index (κ3) is 1.54. The number of nitrogens with zero attached hydrogens (tertiary/aromatic N) is 3. The van der Waals surface area contributed by atoms with Crippen LogP contribution >= 0.6 is 0 Å². The number of benzene rings is 1. The normalized spacial score (nSPS) is 11.1. The Morgan fingerprint density at radius 3 is 2.88 bits per heavy atom. The van der Waals surface area contributed by atoms with Crippen LogP contribution in [0.15, 0.2) is 49.1 Å². The van der Waals surface area contributed by atoms with E-state index in [4.69, 9.17) is 0 Å². The molecule has 2 heterocycles. The van der Waals surface area contributed by atoms with Crippen LogP contribution in [0.1, 0.15) is 0 Å². The number of para-hydroxylation sites is 1. The van der Waals surface area contributed by atoms with Gasteiger partial charge in [-0.3, -0.25) is 4.98 Å². The molecule has 4 heteroatoms. The van der Waals surface area contributed by atoms with Crippen molar-refractivity contribution in [3.8, 4) is 0 Å². The summed E-state index contributed by atoms with van der Waals surface area (Å²) in [4.78, 5) is 8.61. The standard InChI is InChI=1S/C13H11N3O/c1-9(17)7-16-8-15-12-6-14-11-5-3-2-4-10(11)13(12)16/h2-6,8,17H,1,7H2. The number of aliphatic hydroxyl groups excluding tert-OH is 1. The van der Waals surface area contributed by atoms with Gasteiger partial charge in [-0.15, -0.1) is 0 Å². The predicted octanol–water partition coefficient (Wildman–Crippen LogP) is 2.66. The van der Waals surface area contributed by atoms with Crippen molar-refractivity contribution in [1.82, 2.24) is 14.5 Å². The van der Waals surface area contributed by atoms with E-state index in [1.807, 2.05) is 28.8 Å². The molecule has 1 aromatic carbocycles. The Balaban J connectivity index is 2.38. The van der Waals surface area contributed by atoms with Gasteiger partial charge in [0.15, 0.2) is 0 Å². The van der Waals surface area contributed by atoms with Crippen LogP contribution in [0.3, 0.4) is 0 Å². The van der Waals surface area contributed by atoms with Gasteiger partial charge in [0.2, 0.25) is 0 Å². The fraction of sp³-hybridized carbons (Fsp3) is 0.0769. The summed E-state index contributed by atoms with van der Waals surface area (Å²) < 4.78 is 1.88. The van der Waals surface area contributed by atoms with Crippen LogP contribution in [-0.4, -0.2) is 19.6 Å². The molecular weight excluding hydrogens is 214 g/mol. The van der Waals surface area contributed by atoms with E-state index in [0.717, 1.165) is 21.9 Å². The molecule has 17 heavy (non-hydrogen) atoms. The molecule has 0 amide bonds. The minimum atomic E-state index is 0.116. The zero-order chi connectivity index (χ0) is 11.8. The zero-order valence-corrected chi connectivity index (χ0v) is 9.17. The zero-order valence-electron chi connectivity index (χ0n) is 9.17. The molecule has 0 bridgehead atoms. The van der Waals surface area contributed by atoms with Crippen LogP contribution in [-0.2, 0) is 6.54 Å². The summed E-state index contributed by atoms with van der Waals surface area (Å²) in [5.41, 5.74) is 2.72. The molecule has 0 fully saturated rings. The van der Waals surface area contributed by atoms with Crippen molar-refractivity contribution < 1.29 is 5.11 Å². The third-order valence-electron chi connectivity index (χ3n) is 2.70. The lowest BCUT2D eigenvalue weighted by Crippen LogP contribution is -1.98. The van der Waals surface area contributed by atoms with Crippen molar-refractivity contribution in [2.45, 2.75) is 6.54 Å². The lowest BCUT2D eigenvalue weighted by atomic mass is 10.2. The summed E-state index contributed by atoms with van der Waals surface area (Å²) >= 11 is 0. The van der Waals surface area contributed by atoms with Crippen molar-refractivity contribution in [1.29, 1.82) is 0 Å². The smallest absolute Gasteiger partial charge is 0.107 e. The van der Waals surface area contributed by atoms with E-state index in [2.05, 4.69) is 16.5 Å². The Kier molecular flexibility index (Phi) is 2.08. The van der Waals surface area contributed by atoms with E-state index < -0.39 is 0 Å². The number of aliphatic hydroxyl groups is 1. The number of hydrogen-bond acceptors (Lipinski definition) is 3. The third-order valence-corrected chi connectivity index (χ3v) is 2.70. The van der Waals surface area contributed by atoms with Crippen molar-refractivity contribution in [2.75, 3.05) is 0 Å². The van der Waals surface area contributed by atoms with E-state index in [1.165, 1.54) is 0 Å². The van der Waals surface area contributed by atoms with Crippen molar-refractivity contribution in [3.63, 3.8) is 0 Å². The van der Waals surface area contributed by atoms with Crippen molar-refractivity contribution in [2.24, 2.45) is 0 Å². The largest absolute Gasteiger partial charge is 0.511 e. The van der Waals surface area contributed by atoms with Crippen molar-refractivity contribution >= 4 is 21.9 Å². The Hall–Kier alpha value is -2.36. The van der Waals surface area contributed by atoms with E-state index >= 15 is 0 Å². The van der Waals surface area contributed by atoms with Gasteiger partial charge in [-0.1, -0.05) is 24.8 Å². The molecule has 0 saturated heterocycles. The van der Waals surface area contributed by atoms with Gasteiger partial charge in [-0.05, 0) is 6.07 Å². The average Bonchev–Trinajstić information content (AvgIpc) is 2.72. The molecule has 4 nitrogen and oxygen atoms in total. The molecule has 0 aliphatic carbocycles. The first-order chi connectivity index (χ1) is 8.25. The summed E-state index contributed by atoms with van der Waals surface area (Å²) in [5, 5.41) is 10.3. The van der Waals surface area contributed by atoms with Crippen LogP contribution in [0.25, 0.3) is 21.9 Å². The molecule has 0 atom stereocenters. The van der Waals surface area contributed by atoms with Gasteiger partial charge in [-0.2, -0.15) is 0 Å². The van der Waals surface area contributed by atoms with Gasteiger partial charge in [0.1, 0.15) is 11.3 Å². The summed E-state index contributed by atoms with van der Waals surface area (Å²) in [6.45, 7) is 3.86. The second kappa shape index (κ2) is 3.59. The average molecular weight is 225 g/mol. The van der Waals surface area contributed by atoms with Crippen molar-refractivity contribution in [3.05, 3.63) is 49.1 Å². The van der Waals surface area contributed by atoms with E-state index in [0.29, 0.717) is 6.54 Å². The van der Waals surface area contributed by atoms with Gasteiger partial charge in [0.25, 0.3) is 0 Å². The highest BCUT2D eigenvalue weighted by atomic mass is 16.3. The molecule has 3 rings (SSSR count). The molecular formula is C13H11N3O. The molecule has 0 radical (unpaired) electrons. The number of hydrogen-bond donors (Lipinski definition) is 1. The molecule has 0 aliphatic heterocycles. The first-order valence-electron chi connectivity index (χ1n) is 5.31. The van der Waals surface area contributed by atoms with Gasteiger partial charge in [0, 0.05) is 5.39 Å². The number of pyridine rings is 1. The fourth-order valence-electron chi connectivity index (χ4n) is 2.02. The minimum Gasteiger partial charge on any atom is -0.511 e. The van der Waals surface area contributed by atoms with E-state index in [1.54, 1.807) is 12.5 Å². The maximum Gasteiger partial charge on any atom is 0.107 e. The highest BCUT2D eigenvalue weighted by molar-refractivity contribution is 6.01. The molecule has 84 valence electrons. The topological polar surface area (TPSA) is 50.9 Å². The summed E-state index contributed by atoms with van der Waals surface area (Å²) in [6, 6.07) is 7.88. The second-order valence-corrected chi connectivity index (χ2v) is 3.95. The van der Waals surface area contributed by atoms with E-state index in [9.17, 15) is 5.11 Å². The Labute approximate surface area is 97.9 Å². The van der Waals surface area contributed by atoms with Gasteiger partial charge in [-0.25, -0.2) is 4.98 Å². The molecule has 0 aliphatic rings. The lowest BCUT2D eigenvalue weighted by molar-refractivity contribution is 0.380. The second-order valence-electron chi connectivity index (χ2n) is 3.95. The maximum absolute atomic E-state index is 9.30. The summed E-state index contributed by atoms with van der Waals surface area (Å²) in [6.07, 6.45) is 3.44. The van der Waals surface area contributed by atoms with E-state index in [-0.39, 0.29) is 5.76 Å². The van der Waals surface area contributed by atoms with Crippen LogP contribution in [0, 0.1) is 0 Å². The molecule has 0 saturated carbocycles.